The molecule has 0 N–H and O–H groups in total. The average Bonchev–Trinajstić information content (AvgIpc) is 2.26. The molecule has 1 aromatic heterocycles. The van der Waals surface area contributed by atoms with Gasteiger partial charge in [0.2, 0.25) is 0 Å². The molecule has 1 heterocycles. The Balaban J connectivity index is 0.000000606. The largest absolute Gasteiger partial charge is 0.248 e. The highest BCUT2D eigenvalue weighted by Gasteiger charge is 2.06. The number of hydrogen-bond acceptors (Lipinski definition) is 2. The topological polar surface area (TPSA) is 25.8 Å². The van der Waals surface area contributed by atoms with E-state index in [1.165, 1.54) is 0 Å². The third-order valence-corrected chi connectivity index (χ3v) is 2.90. The van der Waals surface area contributed by atoms with Crippen LogP contribution in [0.25, 0.3) is 11.0 Å². The van der Waals surface area contributed by atoms with Gasteiger partial charge in [0.05, 0.1) is 26.8 Å². The summed E-state index contributed by atoms with van der Waals surface area (Å²) < 4.78 is 0. The molecule has 0 aliphatic heterocycles. The molecular weight excluding hydrogens is 266 g/mol. The smallest absolute Gasteiger partial charge is 0.150 e. The van der Waals surface area contributed by atoms with Gasteiger partial charge in [-0.3, -0.25) is 0 Å². The zero-order valence-electron chi connectivity index (χ0n) is 9.18. The number of fused-ring (bicyclic) bond motifs is 1. The van der Waals surface area contributed by atoms with Crippen LogP contribution < -0.4 is 0 Å². The Morgan fingerprint density at radius 1 is 0.875 bits per heavy atom. The van der Waals surface area contributed by atoms with Crippen molar-refractivity contribution in [3.63, 3.8) is 0 Å². The van der Waals surface area contributed by atoms with E-state index in [4.69, 9.17) is 34.8 Å². The molecule has 0 spiro atoms. The van der Waals surface area contributed by atoms with Gasteiger partial charge in [-0.25, -0.2) is 9.97 Å². The van der Waals surface area contributed by atoms with Crippen LogP contribution in [0.3, 0.4) is 0 Å². The first-order valence-electron chi connectivity index (χ1n) is 4.87. The van der Waals surface area contributed by atoms with Gasteiger partial charge in [0, 0.05) is 0 Å². The summed E-state index contributed by atoms with van der Waals surface area (Å²) in [6.45, 7) is 5.79. The maximum absolute atomic E-state index is 5.85. The Kier molecular flexibility index (Phi) is 4.78. The second kappa shape index (κ2) is 5.67. The normalized spacial score (nSPS) is 9.88. The van der Waals surface area contributed by atoms with E-state index >= 15 is 0 Å². The summed E-state index contributed by atoms with van der Waals surface area (Å²) >= 11 is 17.5. The molecule has 86 valence electrons. The molecule has 2 rings (SSSR count). The molecule has 0 saturated heterocycles. The highest BCUT2D eigenvalue weighted by Crippen LogP contribution is 2.27. The molecule has 0 saturated carbocycles. The Morgan fingerprint density at radius 2 is 1.31 bits per heavy atom. The third-order valence-electron chi connectivity index (χ3n) is 1.82. The molecule has 0 radical (unpaired) electrons. The molecule has 0 bridgehead atoms. The van der Waals surface area contributed by atoms with E-state index in [1.54, 1.807) is 19.1 Å². The monoisotopic (exact) mass is 276 g/mol. The van der Waals surface area contributed by atoms with Crippen molar-refractivity contribution in [1.29, 1.82) is 0 Å². The van der Waals surface area contributed by atoms with E-state index in [0.717, 1.165) is 0 Å². The zero-order chi connectivity index (χ0) is 12.3. The van der Waals surface area contributed by atoms with Crippen LogP contribution in [0.2, 0.25) is 15.2 Å². The number of rotatable bonds is 0. The molecule has 0 aliphatic rings. The van der Waals surface area contributed by atoms with Crippen molar-refractivity contribution in [2.75, 3.05) is 0 Å². The first-order valence-corrected chi connectivity index (χ1v) is 6.00. The standard InChI is InChI=1S/C9H5Cl3N2.C2H6/c1-4-9(12)14-8-3-6(11)5(10)2-7(8)13-4;1-2/h2-3H,1H3;1-2H3. The van der Waals surface area contributed by atoms with Gasteiger partial charge in [0.15, 0.2) is 5.15 Å². The Labute approximate surface area is 110 Å². The SMILES string of the molecule is CC.Cc1nc2cc(Cl)c(Cl)cc2nc1Cl. The van der Waals surface area contributed by atoms with Gasteiger partial charge in [-0.1, -0.05) is 48.7 Å². The van der Waals surface area contributed by atoms with Crippen LogP contribution >= 0.6 is 34.8 Å². The number of nitrogens with zero attached hydrogens (tertiary/aromatic N) is 2. The molecule has 1 aromatic carbocycles. The second-order valence-corrected chi connectivity index (χ2v) is 4.03. The summed E-state index contributed by atoms with van der Waals surface area (Å²) in [5.41, 5.74) is 2.02. The molecule has 2 aromatic rings. The van der Waals surface area contributed by atoms with E-state index in [2.05, 4.69) is 9.97 Å². The van der Waals surface area contributed by atoms with Gasteiger partial charge in [0.25, 0.3) is 0 Å². The summed E-state index contributed by atoms with van der Waals surface area (Å²) in [5.74, 6) is 0. The lowest BCUT2D eigenvalue weighted by Crippen LogP contribution is -1.90. The summed E-state index contributed by atoms with van der Waals surface area (Å²) in [5, 5.41) is 1.31. The van der Waals surface area contributed by atoms with Crippen molar-refractivity contribution in [3.8, 4) is 0 Å². The number of benzene rings is 1. The summed E-state index contributed by atoms with van der Waals surface area (Å²) in [6, 6.07) is 3.33. The molecule has 0 atom stereocenters. The minimum atomic E-state index is 0.385. The quantitative estimate of drug-likeness (QED) is 0.682. The summed E-state index contributed by atoms with van der Waals surface area (Å²) in [6.07, 6.45) is 0. The molecular formula is C11H11Cl3N2. The summed E-state index contributed by atoms with van der Waals surface area (Å²) in [7, 11) is 0. The predicted molar refractivity (Wildman–Crippen MR) is 70.7 cm³/mol. The molecule has 0 fully saturated rings. The predicted octanol–water partition coefficient (Wildman–Crippen LogP) is 4.92. The first-order chi connectivity index (χ1) is 7.58. The maximum Gasteiger partial charge on any atom is 0.150 e. The van der Waals surface area contributed by atoms with E-state index in [0.29, 0.717) is 31.9 Å². The van der Waals surface area contributed by atoms with Crippen molar-refractivity contribution < 1.29 is 0 Å². The van der Waals surface area contributed by atoms with Crippen molar-refractivity contribution in [3.05, 3.63) is 33.0 Å². The molecule has 2 nitrogen and oxygen atoms in total. The highest BCUT2D eigenvalue weighted by atomic mass is 35.5. The van der Waals surface area contributed by atoms with E-state index in [-0.39, 0.29) is 0 Å². The van der Waals surface area contributed by atoms with E-state index < -0.39 is 0 Å². The van der Waals surface area contributed by atoms with Gasteiger partial charge < -0.3 is 0 Å². The molecule has 0 aliphatic carbocycles. The fourth-order valence-corrected chi connectivity index (χ4v) is 1.57. The van der Waals surface area contributed by atoms with Crippen LogP contribution in [-0.2, 0) is 0 Å². The molecule has 16 heavy (non-hydrogen) atoms. The first kappa shape index (κ1) is 13.5. The lowest BCUT2D eigenvalue weighted by atomic mass is 10.3. The van der Waals surface area contributed by atoms with Gasteiger partial charge >= 0.3 is 0 Å². The average molecular weight is 278 g/mol. The minimum absolute atomic E-state index is 0.385. The minimum Gasteiger partial charge on any atom is -0.248 e. The number of aryl methyl sites for hydroxylation is 1. The highest BCUT2D eigenvalue weighted by molar-refractivity contribution is 6.42. The van der Waals surface area contributed by atoms with Gasteiger partial charge in [-0.05, 0) is 19.1 Å². The number of hydrogen-bond donors (Lipinski definition) is 0. The van der Waals surface area contributed by atoms with Crippen molar-refractivity contribution in [1.82, 2.24) is 9.97 Å². The third kappa shape index (κ3) is 2.76. The van der Waals surface area contributed by atoms with E-state index in [1.807, 2.05) is 13.8 Å². The lowest BCUT2D eigenvalue weighted by Gasteiger charge is -2.02. The van der Waals surface area contributed by atoms with E-state index in [9.17, 15) is 0 Å². The zero-order valence-corrected chi connectivity index (χ0v) is 11.5. The van der Waals surface area contributed by atoms with Crippen LogP contribution in [0, 0.1) is 6.92 Å². The fourth-order valence-electron chi connectivity index (χ4n) is 1.12. The maximum atomic E-state index is 5.85. The van der Waals surface area contributed by atoms with Crippen LogP contribution in [0.1, 0.15) is 19.5 Å². The van der Waals surface area contributed by atoms with Crippen molar-refractivity contribution in [2.45, 2.75) is 20.8 Å². The second-order valence-electron chi connectivity index (χ2n) is 2.85. The molecule has 0 unspecified atom stereocenters. The van der Waals surface area contributed by atoms with Crippen LogP contribution in [-0.4, -0.2) is 9.97 Å². The Bertz CT molecular complexity index is 423. The van der Waals surface area contributed by atoms with Gasteiger partial charge in [0.1, 0.15) is 0 Å². The number of halogens is 3. The van der Waals surface area contributed by atoms with Crippen LogP contribution in [0.5, 0.6) is 0 Å². The van der Waals surface area contributed by atoms with Crippen molar-refractivity contribution >= 4 is 45.8 Å². The van der Waals surface area contributed by atoms with Crippen LogP contribution in [0.15, 0.2) is 12.1 Å². The van der Waals surface area contributed by atoms with Gasteiger partial charge in [-0.15, -0.1) is 0 Å². The Hall–Kier alpha value is -0.570. The fraction of sp³-hybridized carbons (Fsp3) is 0.273. The Morgan fingerprint density at radius 3 is 1.81 bits per heavy atom. The van der Waals surface area contributed by atoms with Crippen LogP contribution in [0.4, 0.5) is 0 Å². The van der Waals surface area contributed by atoms with Gasteiger partial charge in [-0.2, -0.15) is 0 Å². The molecule has 5 heteroatoms. The summed E-state index contributed by atoms with van der Waals surface area (Å²) in [4.78, 5) is 8.38. The molecule has 0 amide bonds. The number of aromatic nitrogens is 2. The lowest BCUT2D eigenvalue weighted by molar-refractivity contribution is 1.18. The van der Waals surface area contributed by atoms with Crippen molar-refractivity contribution in [2.24, 2.45) is 0 Å².